The van der Waals surface area contributed by atoms with E-state index in [0.717, 1.165) is 4.90 Å². The summed E-state index contributed by atoms with van der Waals surface area (Å²) in [5.41, 5.74) is 0.861. The van der Waals surface area contributed by atoms with Crippen LogP contribution in [0.2, 0.25) is 0 Å². The fraction of sp³-hybridized carbons (Fsp3) is 0.105. The number of hydrogen-bond acceptors (Lipinski definition) is 6. The molecule has 1 aliphatic rings. The lowest BCUT2D eigenvalue weighted by Gasteiger charge is -2.12. The molecule has 0 radical (unpaired) electrons. The average Bonchev–Trinajstić information content (AvgIpc) is 2.96. The van der Waals surface area contributed by atoms with E-state index in [1.54, 1.807) is 24.3 Å². The smallest absolute Gasteiger partial charge is 0.329 e. The monoisotopic (exact) mass is 396 g/mol. The molecule has 148 valence electrons. The van der Waals surface area contributed by atoms with Gasteiger partial charge in [0, 0.05) is 17.8 Å². The second kappa shape index (κ2) is 8.21. The number of anilines is 1. The second-order valence-electron chi connectivity index (χ2n) is 6.00. The summed E-state index contributed by atoms with van der Waals surface area (Å²) in [6.45, 7) is -0.464. The van der Waals surface area contributed by atoms with E-state index in [1.807, 2.05) is 0 Å². The Morgan fingerprint density at radius 2 is 1.83 bits per heavy atom. The number of methoxy groups -OCH3 is 1. The standard InChI is InChI=1S/C19H16N4O6/c1-29-15-8-4-13(5-9-15)20-17(24)11-22-18(25)16(21-19(22)26)10-12-2-6-14(7-3-12)23(27)28/h2-10H,11H2,1H3,(H,20,24)(H,21,26)/b16-10-. The predicted molar refractivity (Wildman–Crippen MR) is 103 cm³/mol. The Bertz CT molecular complexity index is 998. The Morgan fingerprint density at radius 3 is 2.41 bits per heavy atom. The number of nitrogens with zero attached hydrogens (tertiary/aromatic N) is 2. The highest BCUT2D eigenvalue weighted by Gasteiger charge is 2.34. The highest BCUT2D eigenvalue weighted by molar-refractivity contribution is 6.15. The number of nitrogens with one attached hydrogen (secondary N) is 2. The van der Waals surface area contributed by atoms with Crippen molar-refractivity contribution in [2.75, 3.05) is 19.0 Å². The third-order valence-electron chi connectivity index (χ3n) is 4.05. The van der Waals surface area contributed by atoms with Crippen molar-refractivity contribution in [1.29, 1.82) is 0 Å². The summed E-state index contributed by atoms with van der Waals surface area (Å²) in [7, 11) is 1.52. The van der Waals surface area contributed by atoms with Gasteiger partial charge >= 0.3 is 6.03 Å². The van der Waals surface area contributed by atoms with E-state index in [2.05, 4.69) is 10.6 Å². The van der Waals surface area contributed by atoms with Gasteiger partial charge in [0.1, 0.15) is 18.0 Å². The van der Waals surface area contributed by atoms with Gasteiger partial charge in [-0.05, 0) is 48.0 Å². The van der Waals surface area contributed by atoms with Crippen LogP contribution >= 0.6 is 0 Å². The van der Waals surface area contributed by atoms with Gasteiger partial charge in [-0.1, -0.05) is 0 Å². The van der Waals surface area contributed by atoms with Crippen LogP contribution in [0.25, 0.3) is 6.08 Å². The van der Waals surface area contributed by atoms with Crippen molar-refractivity contribution >= 4 is 35.3 Å². The lowest BCUT2D eigenvalue weighted by molar-refractivity contribution is -0.384. The van der Waals surface area contributed by atoms with Gasteiger partial charge in [-0.2, -0.15) is 0 Å². The number of carbonyl (C=O) groups excluding carboxylic acids is 3. The van der Waals surface area contributed by atoms with Crippen molar-refractivity contribution < 1.29 is 24.0 Å². The average molecular weight is 396 g/mol. The number of nitro groups is 1. The SMILES string of the molecule is COc1ccc(NC(=O)CN2C(=O)N/C(=C\c3ccc([N+](=O)[O-])cc3)C2=O)cc1. The number of benzene rings is 2. The number of urea groups is 1. The van der Waals surface area contributed by atoms with E-state index in [1.165, 1.54) is 37.5 Å². The van der Waals surface area contributed by atoms with E-state index >= 15 is 0 Å². The van der Waals surface area contributed by atoms with Crippen LogP contribution in [0.15, 0.2) is 54.2 Å². The number of rotatable bonds is 6. The van der Waals surface area contributed by atoms with Gasteiger partial charge in [-0.3, -0.25) is 19.7 Å². The molecule has 0 aliphatic carbocycles. The topological polar surface area (TPSA) is 131 Å². The molecule has 2 aromatic rings. The minimum atomic E-state index is -0.729. The van der Waals surface area contributed by atoms with E-state index in [0.29, 0.717) is 17.0 Å². The van der Waals surface area contributed by atoms with Gasteiger partial charge in [0.2, 0.25) is 5.91 Å². The van der Waals surface area contributed by atoms with Crippen molar-refractivity contribution in [2.45, 2.75) is 0 Å². The Balaban J connectivity index is 1.66. The molecule has 0 bridgehead atoms. The van der Waals surface area contributed by atoms with Crippen LogP contribution in [0.1, 0.15) is 5.56 Å². The van der Waals surface area contributed by atoms with Crippen LogP contribution in [0, 0.1) is 10.1 Å². The molecule has 1 heterocycles. The summed E-state index contributed by atoms with van der Waals surface area (Å²) in [5.74, 6) is -0.591. The van der Waals surface area contributed by atoms with Crippen LogP contribution in [-0.2, 0) is 9.59 Å². The van der Waals surface area contributed by atoms with Crippen molar-refractivity contribution in [3.05, 3.63) is 69.9 Å². The first-order valence-corrected chi connectivity index (χ1v) is 8.40. The van der Waals surface area contributed by atoms with Crippen LogP contribution < -0.4 is 15.4 Å². The molecule has 29 heavy (non-hydrogen) atoms. The highest BCUT2D eigenvalue weighted by Crippen LogP contribution is 2.18. The number of nitro benzene ring substituents is 1. The molecule has 1 aliphatic heterocycles. The van der Waals surface area contributed by atoms with Crippen LogP contribution in [-0.4, -0.2) is 41.3 Å². The zero-order valence-corrected chi connectivity index (χ0v) is 15.2. The largest absolute Gasteiger partial charge is 0.497 e. The van der Waals surface area contributed by atoms with Crippen molar-refractivity contribution in [3.63, 3.8) is 0 Å². The minimum absolute atomic E-state index is 0.0268. The van der Waals surface area contributed by atoms with Crippen LogP contribution in [0.4, 0.5) is 16.2 Å². The first-order chi connectivity index (χ1) is 13.9. The maximum Gasteiger partial charge on any atom is 0.329 e. The first-order valence-electron chi connectivity index (χ1n) is 8.40. The molecule has 0 aromatic heterocycles. The van der Waals surface area contributed by atoms with Crippen molar-refractivity contribution in [3.8, 4) is 5.75 Å². The summed E-state index contributed by atoms with van der Waals surface area (Å²) >= 11 is 0. The van der Waals surface area contributed by atoms with Gasteiger partial charge in [0.25, 0.3) is 11.6 Å². The molecule has 2 N–H and O–H groups in total. The fourth-order valence-electron chi connectivity index (χ4n) is 2.59. The third kappa shape index (κ3) is 4.56. The molecule has 1 fully saturated rings. The zero-order chi connectivity index (χ0) is 21.0. The molecule has 3 rings (SSSR count). The second-order valence-corrected chi connectivity index (χ2v) is 6.00. The lowest BCUT2D eigenvalue weighted by atomic mass is 10.1. The molecule has 0 saturated carbocycles. The summed E-state index contributed by atoms with van der Waals surface area (Å²) in [5, 5.41) is 15.7. The van der Waals surface area contributed by atoms with Gasteiger partial charge in [0.15, 0.2) is 0 Å². The predicted octanol–water partition coefficient (Wildman–Crippen LogP) is 2.13. The zero-order valence-electron chi connectivity index (χ0n) is 15.2. The molecule has 0 atom stereocenters. The highest BCUT2D eigenvalue weighted by atomic mass is 16.6. The van der Waals surface area contributed by atoms with Crippen LogP contribution in [0.5, 0.6) is 5.75 Å². The molecule has 4 amide bonds. The lowest BCUT2D eigenvalue weighted by Crippen LogP contribution is -2.38. The molecule has 10 heteroatoms. The molecular weight excluding hydrogens is 380 g/mol. The Hall–Kier alpha value is -4.21. The van der Waals surface area contributed by atoms with Crippen LogP contribution in [0.3, 0.4) is 0 Å². The number of non-ortho nitro benzene ring substituents is 1. The number of ether oxygens (including phenoxy) is 1. The maximum absolute atomic E-state index is 12.4. The van der Waals surface area contributed by atoms with Gasteiger partial charge in [-0.25, -0.2) is 9.69 Å². The quantitative estimate of drug-likeness (QED) is 0.333. The summed E-state index contributed by atoms with van der Waals surface area (Å²) in [6.07, 6.45) is 1.38. The van der Waals surface area contributed by atoms with Crippen molar-refractivity contribution in [1.82, 2.24) is 10.2 Å². The van der Waals surface area contributed by atoms with E-state index in [9.17, 15) is 24.5 Å². The molecule has 10 nitrogen and oxygen atoms in total. The summed E-state index contributed by atoms with van der Waals surface area (Å²) in [6, 6.07) is 11.3. The van der Waals surface area contributed by atoms with Gasteiger partial charge in [-0.15, -0.1) is 0 Å². The van der Waals surface area contributed by atoms with E-state index in [4.69, 9.17) is 4.74 Å². The number of amides is 4. The van der Waals surface area contributed by atoms with E-state index in [-0.39, 0.29) is 11.4 Å². The first kappa shape index (κ1) is 19.5. The van der Waals surface area contributed by atoms with Gasteiger partial charge in [0.05, 0.1) is 12.0 Å². The number of imide groups is 1. The number of hydrogen-bond donors (Lipinski definition) is 2. The number of carbonyl (C=O) groups is 3. The van der Waals surface area contributed by atoms with Gasteiger partial charge < -0.3 is 15.4 Å². The fourth-order valence-corrected chi connectivity index (χ4v) is 2.59. The Kier molecular flexibility index (Phi) is 5.54. The van der Waals surface area contributed by atoms with Crippen molar-refractivity contribution in [2.24, 2.45) is 0 Å². The third-order valence-corrected chi connectivity index (χ3v) is 4.05. The minimum Gasteiger partial charge on any atom is -0.497 e. The normalized spacial score (nSPS) is 14.7. The Morgan fingerprint density at radius 1 is 1.17 bits per heavy atom. The maximum atomic E-state index is 12.4. The molecule has 2 aromatic carbocycles. The molecular formula is C19H16N4O6. The summed E-state index contributed by atoms with van der Waals surface area (Å²) in [4.78, 5) is 47.6. The molecule has 1 saturated heterocycles. The summed E-state index contributed by atoms with van der Waals surface area (Å²) < 4.78 is 5.03. The molecule has 0 unspecified atom stereocenters. The van der Waals surface area contributed by atoms with E-state index < -0.39 is 29.3 Å². The molecule has 0 spiro atoms. The Labute approximate surface area is 164 Å².